The summed E-state index contributed by atoms with van der Waals surface area (Å²) in [5, 5.41) is 8.72. The van der Waals surface area contributed by atoms with E-state index < -0.39 is 10.8 Å². The van der Waals surface area contributed by atoms with E-state index in [9.17, 15) is 14.4 Å². The van der Waals surface area contributed by atoms with Gasteiger partial charge in [0.15, 0.2) is 5.17 Å². The van der Waals surface area contributed by atoms with Crippen molar-refractivity contribution >= 4 is 51.9 Å². The van der Waals surface area contributed by atoms with E-state index >= 15 is 0 Å². The van der Waals surface area contributed by atoms with Gasteiger partial charge in [-0.15, -0.1) is 5.10 Å². The molecule has 2 heterocycles. The number of carbonyl (C=O) groups is 3. The first kappa shape index (κ1) is 22.2. The van der Waals surface area contributed by atoms with E-state index in [2.05, 4.69) is 10.4 Å². The van der Waals surface area contributed by atoms with Crippen LogP contribution < -0.4 is 15.0 Å². The Bertz CT molecular complexity index is 1120. The number of anilines is 1. The van der Waals surface area contributed by atoms with Crippen LogP contribution in [0.5, 0.6) is 5.75 Å². The van der Waals surface area contributed by atoms with Crippen LogP contribution in [0.1, 0.15) is 25.8 Å². The normalized spacial score (nSPS) is 19.2. The Morgan fingerprint density at radius 3 is 2.59 bits per heavy atom. The van der Waals surface area contributed by atoms with E-state index in [-0.39, 0.29) is 17.0 Å². The highest BCUT2D eigenvalue weighted by Crippen LogP contribution is 2.54. The number of hydrogen-bond acceptors (Lipinski definition) is 6. The van der Waals surface area contributed by atoms with Gasteiger partial charge in [0.05, 0.1) is 17.3 Å². The zero-order chi connectivity index (χ0) is 22.9. The van der Waals surface area contributed by atoms with Gasteiger partial charge in [0, 0.05) is 26.0 Å². The molecule has 2 aliphatic heterocycles. The van der Waals surface area contributed by atoms with Gasteiger partial charge in [-0.05, 0) is 36.4 Å². The third kappa shape index (κ3) is 3.82. The monoisotopic (exact) mass is 472 g/mol. The fourth-order valence-corrected chi connectivity index (χ4v) is 5.28. The maximum absolute atomic E-state index is 13.7. The van der Waals surface area contributed by atoms with Crippen LogP contribution >= 0.6 is 23.4 Å². The van der Waals surface area contributed by atoms with Gasteiger partial charge in [-0.2, -0.15) is 5.01 Å². The zero-order valence-corrected chi connectivity index (χ0v) is 19.1. The second-order valence-electron chi connectivity index (χ2n) is 7.27. The van der Waals surface area contributed by atoms with Crippen LogP contribution in [0.15, 0.2) is 53.6 Å². The molecule has 0 aromatic heterocycles. The Morgan fingerprint density at radius 2 is 1.88 bits per heavy atom. The van der Waals surface area contributed by atoms with Crippen LogP contribution in [-0.2, 0) is 19.3 Å². The predicted octanol–water partition coefficient (Wildman–Crippen LogP) is 3.31. The van der Waals surface area contributed by atoms with Crippen molar-refractivity contribution in [1.29, 1.82) is 0 Å². The van der Waals surface area contributed by atoms with E-state index in [0.29, 0.717) is 41.6 Å². The Kier molecular flexibility index (Phi) is 6.12. The quantitative estimate of drug-likeness (QED) is 0.674. The van der Waals surface area contributed by atoms with Gasteiger partial charge in [-0.25, -0.2) is 0 Å². The highest BCUT2D eigenvalue weighted by atomic mass is 35.5. The fraction of sp³-hybridized carbons (Fsp3) is 0.273. The van der Waals surface area contributed by atoms with Crippen molar-refractivity contribution in [2.24, 2.45) is 5.10 Å². The number of halogens is 1. The Labute approximate surface area is 194 Å². The van der Waals surface area contributed by atoms with Crippen molar-refractivity contribution in [3.05, 3.63) is 59.1 Å². The number of rotatable bonds is 5. The molecule has 1 spiro atoms. The topological polar surface area (TPSA) is 91.3 Å². The number of nitrogens with one attached hydrogen (secondary N) is 1. The molecule has 0 radical (unpaired) electrons. The number of benzene rings is 2. The number of hydrazone groups is 1. The second-order valence-corrected chi connectivity index (χ2v) is 8.86. The summed E-state index contributed by atoms with van der Waals surface area (Å²) < 4.78 is 5.75. The van der Waals surface area contributed by atoms with E-state index in [4.69, 9.17) is 16.3 Å². The number of amides is 3. The van der Waals surface area contributed by atoms with Gasteiger partial charge in [0.2, 0.25) is 16.7 Å². The Hall–Kier alpha value is -3.04. The van der Waals surface area contributed by atoms with Crippen LogP contribution in [0.3, 0.4) is 0 Å². The molecule has 0 saturated carbocycles. The number of nitrogens with zero attached hydrogens (tertiary/aromatic N) is 3. The van der Waals surface area contributed by atoms with Crippen LogP contribution in [0.4, 0.5) is 5.69 Å². The van der Waals surface area contributed by atoms with Crippen molar-refractivity contribution in [2.45, 2.75) is 25.1 Å². The number of carbonyl (C=O) groups excluding carboxylic acids is 3. The summed E-state index contributed by atoms with van der Waals surface area (Å²) in [4.78, 5) is 38.0. The number of amidine groups is 1. The fourth-order valence-electron chi connectivity index (χ4n) is 3.75. The molecule has 0 saturated heterocycles. The minimum atomic E-state index is -1.39. The summed E-state index contributed by atoms with van der Waals surface area (Å²) in [5.74, 6) is -0.434. The van der Waals surface area contributed by atoms with Crippen LogP contribution in [0, 0.1) is 0 Å². The molecule has 166 valence electrons. The first-order valence-corrected chi connectivity index (χ1v) is 11.2. The molecule has 3 amide bonds. The van der Waals surface area contributed by atoms with Gasteiger partial charge < -0.3 is 15.0 Å². The zero-order valence-electron chi connectivity index (χ0n) is 17.5. The number of fused-ring (bicyclic) bond motifs is 2. The van der Waals surface area contributed by atoms with Crippen molar-refractivity contribution in [3.8, 4) is 5.75 Å². The molecule has 10 heteroatoms. The van der Waals surface area contributed by atoms with Crippen molar-refractivity contribution < 1.29 is 19.1 Å². The van der Waals surface area contributed by atoms with Crippen LogP contribution in [0.25, 0.3) is 0 Å². The maximum atomic E-state index is 13.7. The Morgan fingerprint density at radius 1 is 1.16 bits per heavy atom. The summed E-state index contributed by atoms with van der Waals surface area (Å²) in [5.41, 5.74) is 1.36. The van der Waals surface area contributed by atoms with E-state index in [1.165, 1.54) is 13.8 Å². The third-order valence-electron chi connectivity index (χ3n) is 5.03. The largest absolute Gasteiger partial charge is 0.492 e. The SMILES string of the molecule is CC(=O)NC1=NN(C(C)=O)C2(S1)C(=O)N(CCCOc1ccccc1Cl)c1ccccc12. The van der Waals surface area contributed by atoms with Gasteiger partial charge in [0.1, 0.15) is 5.75 Å². The smallest absolute Gasteiger partial charge is 0.270 e. The van der Waals surface area contributed by atoms with E-state index in [1.807, 2.05) is 36.4 Å². The van der Waals surface area contributed by atoms with Crippen LogP contribution in [-0.4, -0.2) is 41.0 Å². The lowest BCUT2D eigenvalue weighted by Gasteiger charge is -2.29. The second kappa shape index (κ2) is 8.84. The highest BCUT2D eigenvalue weighted by Gasteiger charge is 2.60. The molecule has 4 rings (SSSR count). The lowest BCUT2D eigenvalue weighted by Crippen LogP contribution is -2.48. The Balaban J connectivity index is 1.56. The predicted molar refractivity (Wildman–Crippen MR) is 123 cm³/mol. The minimum absolute atomic E-state index is 0.208. The van der Waals surface area contributed by atoms with E-state index in [1.54, 1.807) is 17.0 Å². The first-order chi connectivity index (χ1) is 15.3. The summed E-state index contributed by atoms with van der Waals surface area (Å²) >= 11 is 7.19. The van der Waals surface area contributed by atoms with Gasteiger partial charge >= 0.3 is 0 Å². The van der Waals surface area contributed by atoms with Gasteiger partial charge in [-0.3, -0.25) is 14.4 Å². The average molecular weight is 473 g/mol. The number of para-hydroxylation sites is 2. The van der Waals surface area contributed by atoms with Crippen molar-refractivity contribution in [1.82, 2.24) is 10.3 Å². The molecule has 8 nitrogen and oxygen atoms in total. The molecule has 2 aromatic carbocycles. The summed E-state index contributed by atoms with van der Waals surface area (Å²) in [6.07, 6.45) is 0.547. The number of hydrogen-bond donors (Lipinski definition) is 1. The maximum Gasteiger partial charge on any atom is 0.270 e. The molecule has 32 heavy (non-hydrogen) atoms. The molecule has 0 fully saturated rings. The molecular formula is C22H21ClN4O4S. The molecular weight excluding hydrogens is 452 g/mol. The van der Waals surface area contributed by atoms with Crippen LogP contribution in [0.2, 0.25) is 5.02 Å². The molecule has 2 aliphatic rings. The summed E-state index contributed by atoms with van der Waals surface area (Å²) in [7, 11) is 0. The minimum Gasteiger partial charge on any atom is -0.492 e. The number of thioether (sulfide) groups is 1. The average Bonchev–Trinajstić information content (AvgIpc) is 3.24. The van der Waals surface area contributed by atoms with Gasteiger partial charge in [0.25, 0.3) is 5.91 Å². The molecule has 1 atom stereocenters. The number of ether oxygens (including phenoxy) is 1. The summed E-state index contributed by atoms with van der Waals surface area (Å²) in [6, 6.07) is 14.5. The lowest BCUT2D eigenvalue weighted by molar-refractivity contribution is -0.139. The third-order valence-corrected chi connectivity index (χ3v) is 6.58. The summed E-state index contributed by atoms with van der Waals surface area (Å²) in [6.45, 7) is 3.43. The lowest BCUT2D eigenvalue weighted by atomic mass is 10.1. The standard InChI is InChI=1S/C22H21ClN4O4S/c1-14(28)24-21-25-27(15(2)29)22(32-21)16-8-3-5-10-18(16)26(20(22)30)12-7-13-31-19-11-6-4-9-17(19)23/h3-6,8-11H,7,12-13H2,1-2H3,(H,24,25,28). The molecule has 1 N–H and O–H groups in total. The van der Waals surface area contributed by atoms with Crippen molar-refractivity contribution in [3.63, 3.8) is 0 Å². The van der Waals surface area contributed by atoms with E-state index in [0.717, 1.165) is 16.8 Å². The molecule has 0 aliphatic carbocycles. The van der Waals surface area contributed by atoms with Gasteiger partial charge in [-0.1, -0.05) is 41.9 Å². The highest BCUT2D eigenvalue weighted by molar-refractivity contribution is 8.15. The molecule has 0 bridgehead atoms. The van der Waals surface area contributed by atoms with Crippen molar-refractivity contribution in [2.75, 3.05) is 18.1 Å². The first-order valence-electron chi connectivity index (χ1n) is 9.99. The molecule has 1 unspecified atom stereocenters. The molecule has 2 aromatic rings.